The number of carbonyl (C=O) groups is 1. The van der Waals surface area contributed by atoms with E-state index in [2.05, 4.69) is 59.4 Å². The maximum absolute atomic E-state index is 11.8. The fraction of sp³-hybridized carbons (Fsp3) is 0.167. The molecule has 0 bridgehead atoms. The fourth-order valence-electron chi connectivity index (χ4n) is 2.27. The molecule has 25 heavy (non-hydrogen) atoms. The Morgan fingerprint density at radius 1 is 1.20 bits per heavy atom. The molecule has 7 heteroatoms. The Morgan fingerprint density at radius 2 is 1.84 bits per heavy atom. The van der Waals surface area contributed by atoms with E-state index < -0.39 is 0 Å². The Balaban J connectivity index is 0.000000212. The first-order valence-corrected chi connectivity index (χ1v) is 10.2. The van der Waals surface area contributed by atoms with Gasteiger partial charge in [0.25, 0.3) is 0 Å². The number of hydrogen-bond acceptors (Lipinski definition) is 3. The lowest BCUT2D eigenvalue weighted by atomic mass is 10.1. The minimum atomic E-state index is -0.274. The molecule has 0 saturated carbocycles. The van der Waals surface area contributed by atoms with Crippen molar-refractivity contribution in [3.63, 3.8) is 0 Å². The van der Waals surface area contributed by atoms with E-state index >= 15 is 0 Å². The molecule has 0 amide bonds. The highest BCUT2D eigenvalue weighted by Gasteiger charge is 2.16. The zero-order chi connectivity index (χ0) is 18.6. The van der Waals surface area contributed by atoms with Gasteiger partial charge in [-0.2, -0.15) is 0 Å². The van der Waals surface area contributed by atoms with Gasteiger partial charge in [-0.1, -0.05) is 31.9 Å². The highest BCUT2D eigenvalue weighted by atomic mass is 127. The molecule has 3 N–H and O–H groups in total. The monoisotopic (exact) mass is 578 g/mol. The second-order valence-electron chi connectivity index (χ2n) is 5.20. The van der Waals surface area contributed by atoms with Crippen molar-refractivity contribution >= 4 is 77.0 Å². The van der Waals surface area contributed by atoms with Crippen LogP contribution in [0.15, 0.2) is 45.3 Å². The van der Waals surface area contributed by atoms with Crippen molar-refractivity contribution in [3.8, 4) is 0 Å². The maximum Gasteiger partial charge on any atom is 0.340 e. The quantitative estimate of drug-likeness (QED) is 0.221. The predicted octanol–water partition coefficient (Wildman–Crippen LogP) is 6.05. The first-order chi connectivity index (χ1) is 11.8. The van der Waals surface area contributed by atoms with Crippen LogP contribution < -0.4 is 5.73 Å². The molecule has 1 heterocycles. The molecule has 4 nitrogen and oxygen atoms in total. The standard InChI is InChI=1S/C12H12BrNO2.C6H5BrIN/c1-3-16-12(15)11-7(2)14-10-5-4-8(13)6-9(10)11;7-4-1-2-6(9)5(8)3-4/h4-6,14H,3H2,1-2H3;1-3H,9H2. The molecular formula is C18H17Br2IN2O2. The number of aryl methyl sites for hydroxylation is 1. The molecule has 0 aliphatic rings. The van der Waals surface area contributed by atoms with Gasteiger partial charge >= 0.3 is 5.97 Å². The Labute approximate surface area is 176 Å². The molecule has 0 fully saturated rings. The van der Waals surface area contributed by atoms with Crippen molar-refractivity contribution in [2.45, 2.75) is 13.8 Å². The Hall–Kier alpha value is -1.06. The predicted molar refractivity (Wildman–Crippen MR) is 118 cm³/mol. The molecule has 0 aliphatic carbocycles. The highest BCUT2D eigenvalue weighted by molar-refractivity contribution is 14.1. The van der Waals surface area contributed by atoms with Gasteiger partial charge in [0.05, 0.1) is 12.2 Å². The largest absolute Gasteiger partial charge is 0.462 e. The number of aromatic amines is 1. The van der Waals surface area contributed by atoms with Crippen LogP contribution in [-0.4, -0.2) is 17.6 Å². The summed E-state index contributed by atoms with van der Waals surface area (Å²) < 4.78 is 8.15. The smallest absolute Gasteiger partial charge is 0.340 e. The maximum atomic E-state index is 11.8. The zero-order valence-corrected chi connectivity index (χ0v) is 19.0. The van der Waals surface area contributed by atoms with E-state index in [4.69, 9.17) is 10.5 Å². The lowest BCUT2D eigenvalue weighted by molar-refractivity contribution is 0.0528. The molecule has 0 spiro atoms. The minimum Gasteiger partial charge on any atom is -0.462 e. The van der Waals surface area contributed by atoms with Crippen molar-refractivity contribution in [3.05, 3.63) is 60.2 Å². The van der Waals surface area contributed by atoms with Crippen molar-refractivity contribution in [1.29, 1.82) is 0 Å². The van der Waals surface area contributed by atoms with Gasteiger partial charge in [0.2, 0.25) is 0 Å². The van der Waals surface area contributed by atoms with Crippen LogP contribution in [0.5, 0.6) is 0 Å². The van der Waals surface area contributed by atoms with Gasteiger partial charge in [0, 0.05) is 34.8 Å². The number of ether oxygens (including phenoxy) is 1. The molecule has 1 aromatic heterocycles. The third-order valence-electron chi connectivity index (χ3n) is 3.39. The number of nitrogens with two attached hydrogens (primary N) is 1. The number of rotatable bonds is 2. The van der Waals surface area contributed by atoms with Gasteiger partial charge in [-0.25, -0.2) is 4.79 Å². The number of esters is 1. The van der Waals surface area contributed by atoms with E-state index in [0.717, 1.165) is 34.8 Å². The second kappa shape index (κ2) is 9.05. The van der Waals surface area contributed by atoms with E-state index in [9.17, 15) is 4.79 Å². The SMILES string of the molecule is CCOC(=O)c1c(C)[nH]c2ccc(Br)cc12.Nc1ccc(Br)cc1I. The number of halogens is 3. The van der Waals surface area contributed by atoms with Crippen LogP contribution in [0.25, 0.3) is 10.9 Å². The average molecular weight is 580 g/mol. The molecular weight excluding hydrogens is 563 g/mol. The van der Waals surface area contributed by atoms with Crippen LogP contribution in [0.4, 0.5) is 5.69 Å². The summed E-state index contributed by atoms with van der Waals surface area (Å²) in [5, 5.41) is 0.894. The number of hydrogen-bond donors (Lipinski definition) is 2. The van der Waals surface area contributed by atoms with Crippen molar-refractivity contribution in [2.24, 2.45) is 0 Å². The second-order valence-corrected chi connectivity index (χ2v) is 8.19. The summed E-state index contributed by atoms with van der Waals surface area (Å²) in [6.45, 7) is 4.07. The Bertz CT molecular complexity index is 909. The molecule has 0 saturated heterocycles. The zero-order valence-electron chi connectivity index (χ0n) is 13.7. The van der Waals surface area contributed by atoms with Crippen LogP contribution >= 0.6 is 54.5 Å². The summed E-state index contributed by atoms with van der Waals surface area (Å²) in [6.07, 6.45) is 0. The lowest BCUT2D eigenvalue weighted by Crippen LogP contribution is -2.05. The minimum absolute atomic E-state index is 0.274. The summed E-state index contributed by atoms with van der Waals surface area (Å²) in [4.78, 5) is 15.0. The number of aromatic nitrogens is 1. The molecule has 0 radical (unpaired) electrons. The molecule has 132 valence electrons. The third kappa shape index (κ3) is 5.21. The third-order valence-corrected chi connectivity index (χ3v) is 5.31. The van der Waals surface area contributed by atoms with E-state index in [0.29, 0.717) is 12.2 Å². The molecule has 0 unspecified atom stereocenters. The van der Waals surface area contributed by atoms with Gasteiger partial charge in [0.1, 0.15) is 0 Å². The number of nitrogens with one attached hydrogen (secondary N) is 1. The number of benzene rings is 2. The molecule has 3 aromatic rings. The number of fused-ring (bicyclic) bond motifs is 1. The van der Waals surface area contributed by atoms with Crippen LogP contribution in [0.2, 0.25) is 0 Å². The van der Waals surface area contributed by atoms with Gasteiger partial charge < -0.3 is 15.5 Å². The number of nitrogen functional groups attached to an aromatic ring is 1. The average Bonchev–Trinajstić information content (AvgIpc) is 2.87. The number of H-pyrrole nitrogens is 1. The highest BCUT2D eigenvalue weighted by Crippen LogP contribution is 2.26. The van der Waals surface area contributed by atoms with Gasteiger partial charge in [-0.05, 0) is 72.8 Å². The topological polar surface area (TPSA) is 68.1 Å². The first kappa shape index (κ1) is 20.3. The van der Waals surface area contributed by atoms with Crippen molar-refractivity contribution < 1.29 is 9.53 Å². The lowest BCUT2D eigenvalue weighted by Gasteiger charge is -2.01. The summed E-state index contributed by atoms with van der Waals surface area (Å²) in [7, 11) is 0. The molecule has 0 aliphatic heterocycles. The van der Waals surface area contributed by atoms with Crippen LogP contribution in [0.3, 0.4) is 0 Å². The Kier molecular flexibility index (Phi) is 7.33. The van der Waals surface area contributed by atoms with Crippen LogP contribution in [0, 0.1) is 10.5 Å². The van der Waals surface area contributed by atoms with Crippen LogP contribution in [-0.2, 0) is 4.74 Å². The Morgan fingerprint density at radius 3 is 2.44 bits per heavy atom. The van der Waals surface area contributed by atoms with Gasteiger partial charge in [-0.15, -0.1) is 0 Å². The summed E-state index contributed by atoms with van der Waals surface area (Å²) >= 11 is 8.93. The van der Waals surface area contributed by atoms with E-state index in [1.54, 1.807) is 6.92 Å². The first-order valence-electron chi connectivity index (χ1n) is 7.49. The summed E-state index contributed by atoms with van der Waals surface area (Å²) in [5.74, 6) is -0.274. The number of carbonyl (C=O) groups excluding carboxylic acids is 1. The normalized spacial score (nSPS) is 10.3. The molecule has 3 rings (SSSR count). The van der Waals surface area contributed by atoms with Crippen molar-refractivity contribution in [2.75, 3.05) is 12.3 Å². The molecule has 2 aromatic carbocycles. The van der Waals surface area contributed by atoms with Gasteiger partial charge in [0.15, 0.2) is 0 Å². The van der Waals surface area contributed by atoms with Gasteiger partial charge in [-0.3, -0.25) is 0 Å². The van der Waals surface area contributed by atoms with E-state index in [-0.39, 0.29) is 5.97 Å². The van der Waals surface area contributed by atoms with E-state index in [1.165, 1.54) is 0 Å². The summed E-state index contributed by atoms with van der Waals surface area (Å²) in [5.41, 5.74) is 8.80. The number of anilines is 1. The van der Waals surface area contributed by atoms with Crippen molar-refractivity contribution in [1.82, 2.24) is 4.98 Å². The van der Waals surface area contributed by atoms with Crippen LogP contribution in [0.1, 0.15) is 23.0 Å². The molecule has 0 atom stereocenters. The fourth-order valence-corrected chi connectivity index (χ4v) is 3.93. The van der Waals surface area contributed by atoms with E-state index in [1.807, 2.05) is 43.3 Å². The summed E-state index contributed by atoms with van der Waals surface area (Å²) in [6, 6.07) is 11.6.